The lowest BCUT2D eigenvalue weighted by Gasteiger charge is -2.14. The van der Waals surface area contributed by atoms with E-state index in [0.29, 0.717) is 0 Å². The second-order valence-electron chi connectivity index (χ2n) is 5.17. The maximum absolute atomic E-state index is 4.82. The van der Waals surface area contributed by atoms with Gasteiger partial charge in [0.2, 0.25) is 0 Å². The Balaban J connectivity index is 2.52. The van der Waals surface area contributed by atoms with Gasteiger partial charge in [-0.2, -0.15) is 0 Å². The molecule has 0 aromatic carbocycles. The van der Waals surface area contributed by atoms with Crippen LogP contribution < -0.4 is 5.32 Å². The number of hydrogen-bond acceptors (Lipinski definition) is 4. The fourth-order valence-corrected chi connectivity index (χ4v) is 2.55. The fraction of sp³-hybridized carbons (Fsp3) is 0.471. The van der Waals surface area contributed by atoms with Crippen LogP contribution in [0.5, 0.6) is 0 Å². The van der Waals surface area contributed by atoms with Crippen LogP contribution in [-0.4, -0.2) is 28.5 Å². The maximum atomic E-state index is 4.82. The highest BCUT2D eigenvalue weighted by Crippen LogP contribution is 2.22. The van der Waals surface area contributed by atoms with Crippen molar-refractivity contribution in [1.29, 1.82) is 0 Å². The van der Waals surface area contributed by atoms with Gasteiger partial charge in [-0.05, 0) is 57.0 Å². The van der Waals surface area contributed by atoms with E-state index in [2.05, 4.69) is 31.1 Å². The molecule has 0 bridgehead atoms. The topological polar surface area (TPSA) is 50.7 Å². The molecule has 0 aliphatic heterocycles. The minimum atomic E-state index is 0.830. The fourth-order valence-electron chi connectivity index (χ4n) is 2.55. The molecule has 4 nitrogen and oxygen atoms in total. The molecule has 0 aliphatic carbocycles. The highest BCUT2D eigenvalue weighted by Gasteiger charge is 2.14. The van der Waals surface area contributed by atoms with Gasteiger partial charge in [-0.25, -0.2) is 9.97 Å². The van der Waals surface area contributed by atoms with Crippen LogP contribution >= 0.6 is 0 Å². The van der Waals surface area contributed by atoms with Gasteiger partial charge in [0.15, 0.2) is 5.82 Å². The average molecular weight is 284 g/mol. The Morgan fingerprint density at radius 2 is 1.76 bits per heavy atom. The van der Waals surface area contributed by atoms with Crippen LogP contribution in [-0.2, 0) is 19.3 Å². The first kappa shape index (κ1) is 15.6. The number of aryl methyl sites for hydroxylation is 3. The van der Waals surface area contributed by atoms with Crippen molar-refractivity contribution in [2.75, 3.05) is 13.6 Å². The Kier molecular flexibility index (Phi) is 5.39. The van der Waals surface area contributed by atoms with Gasteiger partial charge >= 0.3 is 0 Å². The first-order valence-electron chi connectivity index (χ1n) is 7.65. The zero-order valence-electron chi connectivity index (χ0n) is 13.4. The Labute approximate surface area is 127 Å². The predicted molar refractivity (Wildman–Crippen MR) is 86.4 cm³/mol. The molecular weight excluding hydrogens is 260 g/mol. The number of pyridine rings is 1. The molecule has 112 valence electrons. The number of hydrogen-bond donors (Lipinski definition) is 1. The first-order chi connectivity index (χ1) is 10.2. The largest absolute Gasteiger partial charge is 0.319 e. The second kappa shape index (κ2) is 7.27. The summed E-state index contributed by atoms with van der Waals surface area (Å²) in [5.41, 5.74) is 5.84. The van der Waals surface area contributed by atoms with Crippen LogP contribution in [0.3, 0.4) is 0 Å². The van der Waals surface area contributed by atoms with E-state index >= 15 is 0 Å². The summed E-state index contributed by atoms with van der Waals surface area (Å²) in [6, 6.07) is 2.00. The molecule has 0 unspecified atom stereocenters. The molecule has 4 heteroatoms. The van der Waals surface area contributed by atoms with Crippen molar-refractivity contribution in [1.82, 2.24) is 20.3 Å². The van der Waals surface area contributed by atoms with Gasteiger partial charge in [0.05, 0.1) is 0 Å². The summed E-state index contributed by atoms with van der Waals surface area (Å²) < 4.78 is 0. The van der Waals surface area contributed by atoms with E-state index in [0.717, 1.165) is 42.8 Å². The highest BCUT2D eigenvalue weighted by molar-refractivity contribution is 5.59. The predicted octanol–water partition coefficient (Wildman–Crippen LogP) is 2.73. The molecule has 1 N–H and O–H groups in total. The van der Waals surface area contributed by atoms with Gasteiger partial charge in [-0.15, -0.1) is 0 Å². The van der Waals surface area contributed by atoms with Gasteiger partial charge in [0.25, 0.3) is 0 Å². The van der Waals surface area contributed by atoms with Crippen LogP contribution in [0.4, 0.5) is 0 Å². The van der Waals surface area contributed by atoms with Crippen molar-refractivity contribution in [2.45, 2.75) is 40.0 Å². The van der Waals surface area contributed by atoms with Crippen molar-refractivity contribution < 1.29 is 0 Å². The highest BCUT2D eigenvalue weighted by atomic mass is 14.9. The Morgan fingerprint density at radius 1 is 1.10 bits per heavy atom. The standard InChI is InChI=1S/C17H24N4/c1-5-15-14(7-9-18-4)16(6-2)21-17(20-15)13-8-10-19-11-12(13)3/h8,10-11,18H,5-7,9H2,1-4H3. The lowest BCUT2D eigenvalue weighted by molar-refractivity contribution is 0.760. The van der Waals surface area contributed by atoms with Crippen molar-refractivity contribution in [2.24, 2.45) is 0 Å². The number of aromatic nitrogens is 3. The molecule has 0 saturated heterocycles. The zero-order chi connectivity index (χ0) is 15.2. The summed E-state index contributed by atoms with van der Waals surface area (Å²) in [5.74, 6) is 0.830. The van der Waals surface area contributed by atoms with Crippen LogP contribution in [0.1, 0.15) is 36.4 Å². The summed E-state index contributed by atoms with van der Waals surface area (Å²) in [7, 11) is 1.98. The molecule has 0 atom stereocenters. The lowest BCUT2D eigenvalue weighted by atomic mass is 10.0. The molecule has 0 spiro atoms. The number of rotatable bonds is 6. The molecular formula is C17H24N4. The van der Waals surface area contributed by atoms with E-state index < -0.39 is 0 Å². The van der Waals surface area contributed by atoms with E-state index in [1.165, 1.54) is 17.0 Å². The van der Waals surface area contributed by atoms with E-state index in [9.17, 15) is 0 Å². The van der Waals surface area contributed by atoms with Crippen molar-refractivity contribution >= 4 is 0 Å². The normalized spacial score (nSPS) is 10.9. The molecule has 0 aliphatic rings. The van der Waals surface area contributed by atoms with Gasteiger partial charge in [0.1, 0.15) is 0 Å². The molecule has 2 aromatic rings. The first-order valence-corrected chi connectivity index (χ1v) is 7.65. The Morgan fingerprint density at radius 3 is 2.29 bits per heavy atom. The third-order valence-electron chi connectivity index (χ3n) is 3.73. The monoisotopic (exact) mass is 284 g/mol. The second-order valence-corrected chi connectivity index (χ2v) is 5.17. The van der Waals surface area contributed by atoms with Gasteiger partial charge in [-0.1, -0.05) is 13.8 Å². The van der Waals surface area contributed by atoms with Crippen molar-refractivity contribution in [3.8, 4) is 11.4 Å². The third-order valence-corrected chi connectivity index (χ3v) is 3.73. The van der Waals surface area contributed by atoms with Gasteiger partial charge in [0, 0.05) is 29.3 Å². The van der Waals surface area contributed by atoms with Crippen LogP contribution in [0.15, 0.2) is 18.5 Å². The van der Waals surface area contributed by atoms with E-state index in [4.69, 9.17) is 9.97 Å². The van der Waals surface area contributed by atoms with E-state index in [1.54, 1.807) is 6.20 Å². The minimum absolute atomic E-state index is 0.830. The van der Waals surface area contributed by atoms with Gasteiger partial charge < -0.3 is 5.32 Å². The third kappa shape index (κ3) is 3.45. The molecule has 0 radical (unpaired) electrons. The Bertz CT molecular complexity index is 582. The molecule has 0 fully saturated rings. The number of nitrogens with one attached hydrogen (secondary N) is 1. The number of likely N-dealkylation sites (N-methyl/N-ethyl adjacent to an activating group) is 1. The Hall–Kier alpha value is -1.81. The van der Waals surface area contributed by atoms with Crippen molar-refractivity contribution in [3.05, 3.63) is 41.0 Å². The van der Waals surface area contributed by atoms with Crippen LogP contribution in [0.25, 0.3) is 11.4 Å². The quantitative estimate of drug-likeness (QED) is 0.886. The molecule has 21 heavy (non-hydrogen) atoms. The van der Waals surface area contributed by atoms with E-state index in [-0.39, 0.29) is 0 Å². The summed E-state index contributed by atoms with van der Waals surface area (Å²) >= 11 is 0. The summed E-state index contributed by atoms with van der Waals surface area (Å²) in [4.78, 5) is 13.8. The minimum Gasteiger partial charge on any atom is -0.319 e. The van der Waals surface area contributed by atoms with Crippen molar-refractivity contribution in [3.63, 3.8) is 0 Å². The molecule has 2 heterocycles. The lowest BCUT2D eigenvalue weighted by Crippen LogP contribution is -2.15. The van der Waals surface area contributed by atoms with Crippen LogP contribution in [0, 0.1) is 6.92 Å². The van der Waals surface area contributed by atoms with Gasteiger partial charge in [-0.3, -0.25) is 4.98 Å². The molecule has 0 amide bonds. The average Bonchev–Trinajstić information content (AvgIpc) is 2.52. The zero-order valence-corrected chi connectivity index (χ0v) is 13.4. The molecule has 0 saturated carbocycles. The summed E-state index contributed by atoms with van der Waals surface area (Å²) in [6.45, 7) is 7.33. The summed E-state index contributed by atoms with van der Waals surface area (Å²) in [5, 5.41) is 3.21. The number of nitrogens with zero attached hydrogens (tertiary/aromatic N) is 3. The molecule has 2 aromatic heterocycles. The SMILES string of the molecule is CCc1nc(-c2ccncc2C)nc(CC)c1CCNC. The maximum Gasteiger partial charge on any atom is 0.160 e. The van der Waals surface area contributed by atoms with E-state index in [1.807, 2.05) is 19.3 Å². The van der Waals surface area contributed by atoms with Crippen LogP contribution in [0.2, 0.25) is 0 Å². The smallest absolute Gasteiger partial charge is 0.160 e. The summed E-state index contributed by atoms with van der Waals surface area (Å²) in [6.07, 6.45) is 6.53. The molecule has 2 rings (SSSR count).